The van der Waals surface area contributed by atoms with Crippen molar-refractivity contribution in [3.63, 3.8) is 0 Å². The number of nitrogens with one attached hydrogen (secondary N) is 1. The van der Waals surface area contributed by atoms with Crippen molar-refractivity contribution in [2.24, 2.45) is 16.8 Å². The van der Waals surface area contributed by atoms with Crippen molar-refractivity contribution >= 4 is 41.3 Å². The lowest BCUT2D eigenvalue weighted by molar-refractivity contribution is 0.403. The van der Waals surface area contributed by atoms with Crippen molar-refractivity contribution < 1.29 is 0 Å². The Bertz CT molecular complexity index is 472. The van der Waals surface area contributed by atoms with Gasteiger partial charge in [-0.15, -0.1) is 35.3 Å². The maximum absolute atomic E-state index is 4.50. The second kappa shape index (κ2) is 9.70. The van der Waals surface area contributed by atoms with Gasteiger partial charge in [-0.1, -0.05) is 13.8 Å². The number of rotatable bonds is 5. The molecule has 0 saturated carbocycles. The first-order valence-electron chi connectivity index (χ1n) is 7.95. The van der Waals surface area contributed by atoms with Crippen molar-refractivity contribution in [1.82, 2.24) is 15.2 Å². The Hall–Kier alpha value is -0.370. The highest BCUT2D eigenvalue weighted by atomic mass is 127. The minimum absolute atomic E-state index is 0. The van der Waals surface area contributed by atoms with Gasteiger partial charge in [0.1, 0.15) is 0 Å². The monoisotopic (exact) mass is 436 g/mol. The molecule has 0 bridgehead atoms. The maximum Gasteiger partial charge on any atom is 0.193 e. The van der Waals surface area contributed by atoms with Crippen molar-refractivity contribution in [2.45, 2.75) is 40.0 Å². The van der Waals surface area contributed by atoms with E-state index in [0.717, 1.165) is 48.9 Å². The van der Waals surface area contributed by atoms with Crippen LogP contribution in [0.2, 0.25) is 0 Å². The number of guanidine groups is 1. The molecular weight excluding hydrogens is 407 g/mol. The van der Waals surface area contributed by atoms with Gasteiger partial charge in [-0.25, -0.2) is 4.98 Å². The van der Waals surface area contributed by atoms with Crippen molar-refractivity contribution in [1.29, 1.82) is 0 Å². The third kappa shape index (κ3) is 6.02. The highest BCUT2D eigenvalue weighted by molar-refractivity contribution is 14.0. The molecule has 1 unspecified atom stereocenters. The lowest BCUT2D eigenvalue weighted by Gasteiger charge is -2.22. The minimum atomic E-state index is 0. The van der Waals surface area contributed by atoms with Crippen LogP contribution in [0, 0.1) is 18.8 Å². The molecular formula is C16H29IN4S. The Morgan fingerprint density at radius 3 is 2.91 bits per heavy atom. The number of likely N-dealkylation sites (tertiary alicyclic amines) is 1. The predicted octanol–water partition coefficient (Wildman–Crippen LogP) is 3.56. The van der Waals surface area contributed by atoms with E-state index in [1.165, 1.54) is 18.5 Å². The number of aryl methyl sites for hydroxylation is 1. The number of thiazole rings is 1. The first-order chi connectivity index (χ1) is 10.1. The second-order valence-electron chi connectivity index (χ2n) is 6.31. The minimum Gasteiger partial charge on any atom is -0.356 e. The van der Waals surface area contributed by atoms with Crippen LogP contribution in [0.5, 0.6) is 0 Å². The molecule has 4 nitrogen and oxygen atoms in total. The van der Waals surface area contributed by atoms with Gasteiger partial charge in [-0.2, -0.15) is 0 Å². The standard InChI is InChI=1S/C16H28N4S.HI/c1-12(2)9-14-6-8-20(10-14)16(17-4)18-7-5-15-11-21-13(3)19-15;/h11-12,14H,5-10H2,1-4H3,(H,17,18);1H. The molecule has 0 amide bonds. The second-order valence-corrected chi connectivity index (χ2v) is 7.37. The molecule has 1 fully saturated rings. The summed E-state index contributed by atoms with van der Waals surface area (Å²) in [7, 11) is 1.88. The molecule has 1 atom stereocenters. The van der Waals surface area contributed by atoms with Crippen LogP contribution in [0.4, 0.5) is 0 Å². The van der Waals surface area contributed by atoms with E-state index < -0.39 is 0 Å². The van der Waals surface area contributed by atoms with Gasteiger partial charge < -0.3 is 10.2 Å². The molecule has 1 N–H and O–H groups in total. The van der Waals surface area contributed by atoms with E-state index in [1.54, 1.807) is 11.3 Å². The van der Waals surface area contributed by atoms with Gasteiger partial charge in [0.25, 0.3) is 0 Å². The molecule has 1 aromatic rings. The molecule has 0 radical (unpaired) electrons. The number of halogens is 1. The third-order valence-corrected chi connectivity index (χ3v) is 4.76. The molecule has 0 spiro atoms. The van der Waals surface area contributed by atoms with Gasteiger partial charge >= 0.3 is 0 Å². The summed E-state index contributed by atoms with van der Waals surface area (Å²) in [5.41, 5.74) is 1.18. The number of hydrogen-bond acceptors (Lipinski definition) is 3. The Labute approximate surface area is 155 Å². The topological polar surface area (TPSA) is 40.5 Å². The fourth-order valence-electron chi connectivity index (χ4n) is 3.04. The zero-order valence-electron chi connectivity index (χ0n) is 14.1. The van der Waals surface area contributed by atoms with Crippen LogP contribution in [0.15, 0.2) is 10.4 Å². The Balaban J connectivity index is 0.00000242. The van der Waals surface area contributed by atoms with Gasteiger partial charge in [-0.3, -0.25) is 4.99 Å². The molecule has 1 aliphatic heterocycles. The van der Waals surface area contributed by atoms with Gasteiger partial charge in [0, 0.05) is 38.5 Å². The molecule has 22 heavy (non-hydrogen) atoms. The molecule has 0 aliphatic carbocycles. The van der Waals surface area contributed by atoms with E-state index in [-0.39, 0.29) is 24.0 Å². The molecule has 1 aromatic heterocycles. The predicted molar refractivity (Wildman–Crippen MR) is 106 cm³/mol. The number of hydrogen-bond donors (Lipinski definition) is 1. The first-order valence-corrected chi connectivity index (χ1v) is 8.83. The SMILES string of the molecule is CN=C(NCCc1csc(C)n1)N1CCC(CC(C)C)C1.I. The average molecular weight is 436 g/mol. The zero-order valence-corrected chi connectivity index (χ0v) is 17.3. The molecule has 2 rings (SSSR count). The number of nitrogens with zero attached hydrogens (tertiary/aromatic N) is 3. The summed E-state index contributed by atoms with van der Waals surface area (Å²) >= 11 is 1.72. The van der Waals surface area contributed by atoms with Crippen molar-refractivity contribution in [3.8, 4) is 0 Å². The summed E-state index contributed by atoms with van der Waals surface area (Å²) in [5, 5.41) is 6.77. The van der Waals surface area contributed by atoms with Crippen LogP contribution < -0.4 is 5.32 Å². The smallest absolute Gasteiger partial charge is 0.193 e. The van der Waals surface area contributed by atoms with Gasteiger partial charge in [0.15, 0.2) is 5.96 Å². The van der Waals surface area contributed by atoms with E-state index in [0.29, 0.717) is 0 Å². The van der Waals surface area contributed by atoms with E-state index in [9.17, 15) is 0 Å². The summed E-state index contributed by atoms with van der Waals surface area (Å²) in [6, 6.07) is 0. The van der Waals surface area contributed by atoms with Crippen LogP contribution in [0.3, 0.4) is 0 Å². The Morgan fingerprint density at radius 1 is 1.55 bits per heavy atom. The third-order valence-electron chi connectivity index (χ3n) is 3.93. The summed E-state index contributed by atoms with van der Waals surface area (Å²) in [6.07, 6.45) is 3.59. The maximum atomic E-state index is 4.50. The molecule has 1 saturated heterocycles. The van der Waals surface area contributed by atoms with E-state index in [2.05, 4.69) is 46.3 Å². The average Bonchev–Trinajstić information content (AvgIpc) is 3.03. The van der Waals surface area contributed by atoms with Crippen LogP contribution in [-0.2, 0) is 6.42 Å². The van der Waals surface area contributed by atoms with Gasteiger partial charge in [-0.05, 0) is 31.6 Å². The Morgan fingerprint density at radius 2 is 2.32 bits per heavy atom. The summed E-state index contributed by atoms with van der Waals surface area (Å²) in [4.78, 5) is 11.3. The normalized spacial score (nSPS) is 18.7. The molecule has 1 aliphatic rings. The fourth-order valence-corrected chi connectivity index (χ4v) is 3.69. The van der Waals surface area contributed by atoms with E-state index >= 15 is 0 Å². The number of aromatic nitrogens is 1. The first kappa shape index (κ1) is 19.7. The van der Waals surface area contributed by atoms with Gasteiger partial charge in [0.05, 0.1) is 10.7 Å². The van der Waals surface area contributed by atoms with E-state index in [1.807, 2.05) is 7.05 Å². The molecule has 2 heterocycles. The quantitative estimate of drug-likeness (QED) is 0.436. The van der Waals surface area contributed by atoms with Crippen LogP contribution in [-0.4, -0.2) is 42.5 Å². The zero-order chi connectivity index (χ0) is 15.2. The number of aliphatic imine (C=N–C) groups is 1. The van der Waals surface area contributed by atoms with E-state index in [4.69, 9.17) is 0 Å². The van der Waals surface area contributed by atoms with Crippen LogP contribution in [0.25, 0.3) is 0 Å². The van der Waals surface area contributed by atoms with Crippen LogP contribution >= 0.6 is 35.3 Å². The molecule has 6 heteroatoms. The molecule has 126 valence electrons. The van der Waals surface area contributed by atoms with Crippen molar-refractivity contribution in [2.75, 3.05) is 26.7 Å². The fraction of sp³-hybridized carbons (Fsp3) is 0.750. The summed E-state index contributed by atoms with van der Waals surface area (Å²) in [5.74, 6) is 2.66. The largest absolute Gasteiger partial charge is 0.356 e. The lowest BCUT2D eigenvalue weighted by atomic mass is 9.97. The van der Waals surface area contributed by atoms with Crippen LogP contribution in [0.1, 0.15) is 37.4 Å². The van der Waals surface area contributed by atoms with Crippen molar-refractivity contribution in [3.05, 3.63) is 16.1 Å². The molecule has 0 aromatic carbocycles. The highest BCUT2D eigenvalue weighted by Gasteiger charge is 2.25. The lowest BCUT2D eigenvalue weighted by Crippen LogP contribution is -2.40. The summed E-state index contributed by atoms with van der Waals surface area (Å²) < 4.78 is 0. The highest BCUT2D eigenvalue weighted by Crippen LogP contribution is 2.23. The van der Waals surface area contributed by atoms with Gasteiger partial charge in [0.2, 0.25) is 0 Å². The Kier molecular flexibility index (Phi) is 8.67. The summed E-state index contributed by atoms with van der Waals surface area (Å²) in [6.45, 7) is 9.86.